The summed E-state index contributed by atoms with van der Waals surface area (Å²) in [5, 5.41) is 7.39. The number of rotatable bonds is 3. The van der Waals surface area contributed by atoms with Gasteiger partial charge in [0, 0.05) is 12.0 Å². The Morgan fingerprint density at radius 1 is 1.16 bits per heavy atom. The molecule has 1 heterocycles. The van der Waals surface area contributed by atoms with Gasteiger partial charge in [0.05, 0.1) is 17.5 Å². The first-order chi connectivity index (χ1) is 9.02. The Labute approximate surface area is 107 Å². The van der Waals surface area contributed by atoms with E-state index in [1.807, 2.05) is 0 Å². The van der Waals surface area contributed by atoms with E-state index >= 15 is 0 Å². The third-order valence-electron chi connectivity index (χ3n) is 2.48. The molecule has 1 aromatic carbocycles. The van der Waals surface area contributed by atoms with E-state index in [2.05, 4.69) is 15.2 Å². The van der Waals surface area contributed by atoms with E-state index in [1.165, 1.54) is 24.4 Å². The summed E-state index contributed by atoms with van der Waals surface area (Å²) in [6.45, 7) is 0.312. The maximum absolute atomic E-state index is 12.9. The molecule has 4 nitrogen and oxygen atoms in total. The second-order valence-corrected chi connectivity index (χ2v) is 3.84. The van der Waals surface area contributed by atoms with Crippen LogP contribution in [0.5, 0.6) is 0 Å². The van der Waals surface area contributed by atoms with Crippen LogP contribution in [0.2, 0.25) is 0 Å². The average molecular weight is 268 g/mol. The molecule has 100 valence electrons. The summed E-state index contributed by atoms with van der Waals surface area (Å²) in [4.78, 5) is 4.05. The van der Waals surface area contributed by atoms with E-state index < -0.39 is 11.7 Å². The van der Waals surface area contributed by atoms with Crippen LogP contribution in [-0.2, 0) is 12.6 Å². The summed E-state index contributed by atoms with van der Waals surface area (Å²) in [5.41, 5.74) is 4.75. The van der Waals surface area contributed by atoms with Gasteiger partial charge in [0.25, 0.3) is 0 Å². The van der Waals surface area contributed by atoms with Crippen molar-refractivity contribution < 1.29 is 13.2 Å². The van der Waals surface area contributed by atoms with Crippen molar-refractivity contribution in [2.45, 2.75) is 12.6 Å². The van der Waals surface area contributed by atoms with Gasteiger partial charge in [-0.1, -0.05) is 18.2 Å². The number of benzene rings is 1. The van der Waals surface area contributed by atoms with Crippen molar-refractivity contribution in [3.8, 4) is 11.3 Å². The van der Waals surface area contributed by atoms with Crippen LogP contribution < -0.4 is 5.73 Å². The largest absolute Gasteiger partial charge is 0.417 e. The third kappa shape index (κ3) is 3.05. The van der Waals surface area contributed by atoms with Crippen LogP contribution in [0.15, 0.2) is 30.5 Å². The molecule has 2 rings (SSSR count). The van der Waals surface area contributed by atoms with Crippen LogP contribution in [0, 0.1) is 0 Å². The van der Waals surface area contributed by atoms with Crippen LogP contribution >= 0.6 is 0 Å². The molecule has 0 fully saturated rings. The number of nitrogens with two attached hydrogens (primary N) is 1. The lowest BCUT2D eigenvalue weighted by atomic mass is 10.0. The van der Waals surface area contributed by atoms with Crippen LogP contribution in [-0.4, -0.2) is 21.7 Å². The Balaban J connectivity index is 2.50. The first-order valence-corrected chi connectivity index (χ1v) is 5.57. The van der Waals surface area contributed by atoms with Gasteiger partial charge < -0.3 is 5.73 Å². The topological polar surface area (TPSA) is 64.7 Å². The number of alkyl halides is 3. The number of hydrogen-bond donors (Lipinski definition) is 1. The van der Waals surface area contributed by atoms with Crippen molar-refractivity contribution in [3.63, 3.8) is 0 Å². The highest BCUT2D eigenvalue weighted by molar-refractivity contribution is 5.63. The van der Waals surface area contributed by atoms with Gasteiger partial charge in [0.15, 0.2) is 5.82 Å². The van der Waals surface area contributed by atoms with Crippen molar-refractivity contribution in [2.24, 2.45) is 5.73 Å². The van der Waals surface area contributed by atoms with E-state index in [1.54, 1.807) is 0 Å². The number of aromatic nitrogens is 3. The molecule has 19 heavy (non-hydrogen) atoms. The lowest BCUT2D eigenvalue weighted by molar-refractivity contribution is -0.137. The highest BCUT2D eigenvalue weighted by Gasteiger charge is 2.33. The monoisotopic (exact) mass is 268 g/mol. The second-order valence-electron chi connectivity index (χ2n) is 3.84. The van der Waals surface area contributed by atoms with Crippen LogP contribution in [0.3, 0.4) is 0 Å². The zero-order valence-electron chi connectivity index (χ0n) is 9.85. The summed E-state index contributed by atoms with van der Waals surface area (Å²) < 4.78 is 38.7. The van der Waals surface area contributed by atoms with E-state index in [0.29, 0.717) is 18.8 Å². The van der Waals surface area contributed by atoms with Crippen LogP contribution in [0.4, 0.5) is 13.2 Å². The SMILES string of the molecule is NCCc1nncc(-c2ccccc2C(F)(F)F)n1. The summed E-state index contributed by atoms with van der Waals surface area (Å²) in [6.07, 6.45) is -2.85. The molecule has 0 radical (unpaired) electrons. The van der Waals surface area contributed by atoms with Crippen LogP contribution in [0.25, 0.3) is 11.3 Å². The summed E-state index contributed by atoms with van der Waals surface area (Å²) >= 11 is 0. The smallest absolute Gasteiger partial charge is 0.330 e. The Kier molecular flexibility index (Phi) is 3.75. The number of hydrogen-bond acceptors (Lipinski definition) is 4. The van der Waals surface area contributed by atoms with Crippen molar-refractivity contribution in [1.29, 1.82) is 0 Å². The lowest BCUT2D eigenvalue weighted by Crippen LogP contribution is -2.10. The maximum atomic E-state index is 12.9. The van der Waals surface area contributed by atoms with Gasteiger partial charge in [-0.05, 0) is 12.6 Å². The van der Waals surface area contributed by atoms with Gasteiger partial charge >= 0.3 is 6.18 Å². The maximum Gasteiger partial charge on any atom is 0.417 e. The molecule has 0 bridgehead atoms. The molecule has 0 aliphatic carbocycles. The van der Waals surface area contributed by atoms with Crippen molar-refractivity contribution >= 4 is 0 Å². The first kappa shape index (κ1) is 13.4. The molecule has 0 spiro atoms. The van der Waals surface area contributed by atoms with Crippen molar-refractivity contribution in [3.05, 3.63) is 41.9 Å². The van der Waals surface area contributed by atoms with E-state index in [0.717, 1.165) is 6.07 Å². The number of nitrogens with zero attached hydrogens (tertiary/aromatic N) is 3. The molecule has 2 N–H and O–H groups in total. The molecule has 0 saturated heterocycles. The molecular weight excluding hydrogens is 257 g/mol. The Morgan fingerprint density at radius 3 is 2.58 bits per heavy atom. The lowest BCUT2D eigenvalue weighted by Gasteiger charge is -2.12. The molecule has 0 aliphatic heterocycles. The molecular formula is C12H11F3N4. The third-order valence-corrected chi connectivity index (χ3v) is 2.48. The minimum atomic E-state index is -4.43. The first-order valence-electron chi connectivity index (χ1n) is 5.57. The summed E-state index contributed by atoms with van der Waals surface area (Å²) in [6, 6.07) is 5.23. The van der Waals surface area contributed by atoms with Gasteiger partial charge in [-0.2, -0.15) is 18.3 Å². The highest BCUT2D eigenvalue weighted by Crippen LogP contribution is 2.35. The Bertz CT molecular complexity index is 569. The van der Waals surface area contributed by atoms with E-state index in [9.17, 15) is 13.2 Å². The molecule has 0 unspecified atom stereocenters. The van der Waals surface area contributed by atoms with Gasteiger partial charge in [-0.3, -0.25) is 0 Å². The molecule has 2 aromatic rings. The van der Waals surface area contributed by atoms with Gasteiger partial charge in [0.1, 0.15) is 0 Å². The quantitative estimate of drug-likeness (QED) is 0.925. The molecule has 0 aliphatic rings. The average Bonchev–Trinajstić information content (AvgIpc) is 2.38. The molecule has 0 amide bonds. The fraction of sp³-hybridized carbons (Fsp3) is 0.250. The molecule has 1 aromatic heterocycles. The minimum absolute atomic E-state index is 0.0110. The van der Waals surface area contributed by atoms with Crippen LogP contribution in [0.1, 0.15) is 11.4 Å². The molecule has 7 heteroatoms. The summed E-state index contributed by atoms with van der Waals surface area (Å²) in [7, 11) is 0. The van der Waals surface area contributed by atoms with E-state index in [4.69, 9.17) is 5.73 Å². The summed E-state index contributed by atoms with van der Waals surface area (Å²) in [5.74, 6) is 0.331. The fourth-order valence-corrected chi connectivity index (χ4v) is 1.66. The highest BCUT2D eigenvalue weighted by atomic mass is 19.4. The predicted octanol–water partition coefficient (Wildman–Crippen LogP) is 2.06. The van der Waals surface area contributed by atoms with Gasteiger partial charge in [0.2, 0.25) is 0 Å². The predicted molar refractivity (Wildman–Crippen MR) is 63.0 cm³/mol. The molecule has 0 saturated carbocycles. The number of halogens is 3. The van der Waals surface area contributed by atoms with E-state index in [-0.39, 0.29) is 11.3 Å². The Hall–Kier alpha value is -2.02. The van der Waals surface area contributed by atoms with Gasteiger partial charge in [-0.15, -0.1) is 5.10 Å². The van der Waals surface area contributed by atoms with Gasteiger partial charge in [-0.25, -0.2) is 4.98 Å². The van der Waals surface area contributed by atoms with Crippen molar-refractivity contribution in [2.75, 3.05) is 6.54 Å². The normalized spacial score (nSPS) is 11.6. The second kappa shape index (κ2) is 5.31. The molecule has 0 atom stereocenters. The standard InChI is InChI=1S/C12H11F3N4/c13-12(14,15)9-4-2-1-3-8(9)10-7-17-19-11(18-10)5-6-16/h1-4,7H,5-6,16H2. The zero-order valence-corrected chi connectivity index (χ0v) is 9.85. The zero-order chi connectivity index (χ0) is 13.9. The fourth-order valence-electron chi connectivity index (χ4n) is 1.66. The Morgan fingerprint density at radius 2 is 1.89 bits per heavy atom. The minimum Gasteiger partial charge on any atom is -0.330 e. The van der Waals surface area contributed by atoms with Crippen molar-refractivity contribution in [1.82, 2.24) is 15.2 Å².